The molecular formula is C8H9N5S. The molecule has 3 N–H and O–H groups in total. The fourth-order valence-electron chi connectivity index (χ4n) is 0.987. The van der Waals surface area contributed by atoms with Crippen molar-refractivity contribution in [1.82, 2.24) is 14.3 Å². The van der Waals surface area contributed by atoms with Crippen molar-refractivity contribution in [2.45, 2.75) is 6.54 Å². The Morgan fingerprint density at radius 3 is 3.07 bits per heavy atom. The lowest BCUT2D eigenvalue weighted by Crippen LogP contribution is -1.99. The molecule has 5 nitrogen and oxygen atoms in total. The van der Waals surface area contributed by atoms with Gasteiger partial charge < -0.3 is 11.1 Å². The number of anilines is 2. The van der Waals surface area contributed by atoms with Gasteiger partial charge in [0.15, 0.2) is 0 Å². The van der Waals surface area contributed by atoms with E-state index in [0.717, 1.165) is 10.7 Å². The van der Waals surface area contributed by atoms with Crippen LogP contribution in [0.2, 0.25) is 0 Å². The number of rotatable bonds is 3. The van der Waals surface area contributed by atoms with Gasteiger partial charge in [-0.05, 0) is 11.6 Å². The van der Waals surface area contributed by atoms with Gasteiger partial charge in [-0.1, -0.05) is 6.07 Å². The molecule has 0 amide bonds. The molecule has 0 atom stereocenters. The third-order valence-corrected chi connectivity index (χ3v) is 2.30. The van der Waals surface area contributed by atoms with Crippen LogP contribution in [0.25, 0.3) is 0 Å². The molecule has 0 aliphatic rings. The Balaban J connectivity index is 1.95. The highest BCUT2D eigenvalue weighted by Crippen LogP contribution is 2.12. The molecule has 0 fully saturated rings. The van der Waals surface area contributed by atoms with Crippen LogP contribution < -0.4 is 11.1 Å². The molecule has 2 aromatic heterocycles. The molecule has 72 valence electrons. The largest absolute Gasteiger partial charge is 0.367 e. The Morgan fingerprint density at radius 1 is 1.50 bits per heavy atom. The van der Waals surface area contributed by atoms with Gasteiger partial charge in [0.05, 0.1) is 0 Å². The molecule has 0 saturated heterocycles. The second kappa shape index (κ2) is 4.01. The molecule has 0 aromatic carbocycles. The molecule has 0 spiro atoms. The zero-order valence-corrected chi connectivity index (χ0v) is 8.16. The first-order valence-electron chi connectivity index (χ1n) is 4.06. The lowest BCUT2D eigenvalue weighted by atomic mass is 10.3. The van der Waals surface area contributed by atoms with Crippen molar-refractivity contribution in [3.8, 4) is 0 Å². The lowest BCUT2D eigenvalue weighted by molar-refractivity contribution is 1.10. The lowest BCUT2D eigenvalue weighted by Gasteiger charge is -2.00. The Morgan fingerprint density at radius 2 is 2.43 bits per heavy atom. The summed E-state index contributed by atoms with van der Waals surface area (Å²) in [5.74, 6) is 0.309. The molecule has 0 saturated carbocycles. The SMILES string of the molecule is Nc1nsc(NCc2cccnc2)n1. The maximum atomic E-state index is 5.38. The maximum absolute atomic E-state index is 5.38. The van der Waals surface area contributed by atoms with Crippen LogP contribution in [-0.4, -0.2) is 14.3 Å². The topological polar surface area (TPSA) is 76.7 Å². The van der Waals surface area contributed by atoms with Crippen LogP contribution in [0.15, 0.2) is 24.5 Å². The normalized spacial score (nSPS) is 10.0. The molecule has 0 aliphatic carbocycles. The fourth-order valence-corrected chi connectivity index (χ4v) is 1.48. The minimum atomic E-state index is 0.309. The van der Waals surface area contributed by atoms with Crippen molar-refractivity contribution in [3.05, 3.63) is 30.1 Å². The van der Waals surface area contributed by atoms with Gasteiger partial charge in [-0.3, -0.25) is 4.98 Å². The van der Waals surface area contributed by atoms with E-state index in [1.807, 2.05) is 12.1 Å². The Bertz CT molecular complexity index is 399. The predicted octanol–water partition coefficient (Wildman–Crippen LogP) is 1.13. The van der Waals surface area contributed by atoms with E-state index >= 15 is 0 Å². The number of nitrogen functional groups attached to an aromatic ring is 1. The molecule has 0 bridgehead atoms. The van der Waals surface area contributed by atoms with E-state index in [1.165, 1.54) is 11.5 Å². The van der Waals surface area contributed by atoms with Gasteiger partial charge in [-0.2, -0.15) is 9.36 Å². The van der Waals surface area contributed by atoms with Crippen LogP contribution >= 0.6 is 11.5 Å². The van der Waals surface area contributed by atoms with Crippen LogP contribution in [0.4, 0.5) is 11.1 Å². The number of hydrogen-bond acceptors (Lipinski definition) is 6. The van der Waals surface area contributed by atoms with E-state index in [0.29, 0.717) is 12.5 Å². The van der Waals surface area contributed by atoms with Gasteiger partial charge in [0.2, 0.25) is 11.1 Å². The zero-order valence-electron chi connectivity index (χ0n) is 7.34. The third kappa shape index (κ3) is 2.17. The summed E-state index contributed by atoms with van der Waals surface area (Å²) in [5.41, 5.74) is 6.48. The Hall–Kier alpha value is -1.69. The summed E-state index contributed by atoms with van der Waals surface area (Å²) in [6.07, 6.45) is 3.55. The molecule has 6 heteroatoms. The van der Waals surface area contributed by atoms with Gasteiger partial charge in [-0.25, -0.2) is 0 Å². The summed E-state index contributed by atoms with van der Waals surface area (Å²) in [6, 6.07) is 3.88. The van der Waals surface area contributed by atoms with Gasteiger partial charge in [0, 0.05) is 30.5 Å². The summed E-state index contributed by atoms with van der Waals surface area (Å²) in [5, 5.41) is 3.83. The highest BCUT2D eigenvalue weighted by molar-refractivity contribution is 7.09. The van der Waals surface area contributed by atoms with Crippen LogP contribution in [0.3, 0.4) is 0 Å². The molecule has 2 heterocycles. The predicted molar refractivity (Wildman–Crippen MR) is 55.9 cm³/mol. The average molecular weight is 207 g/mol. The third-order valence-electron chi connectivity index (χ3n) is 1.61. The quantitative estimate of drug-likeness (QED) is 0.788. The molecule has 14 heavy (non-hydrogen) atoms. The van der Waals surface area contributed by atoms with Gasteiger partial charge >= 0.3 is 0 Å². The first-order chi connectivity index (χ1) is 6.84. The Kier molecular flexibility index (Phi) is 2.55. The molecular weight excluding hydrogens is 198 g/mol. The summed E-state index contributed by atoms with van der Waals surface area (Å²) < 4.78 is 3.86. The molecule has 2 aromatic rings. The highest BCUT2D eigenvalue weighted by Gasteiger charge is 1.99. The van der Waals surface area contributed by atoms with E-state index in [1.54, 1.807) is 12.4 Å². The van der Waals surface area contributed by atoms with E-state index in [-0.39, 0.29) is 0 Å². The minimum Gasteiger partial charge on any atom is -0.367 e. The van der Waals surface area contributed by atoms with Crippen LogP contribution in [0.1, 0.15) is 5.56 Å². The van der Waals surface area contributed by atoms with Crippen LogP contribution in [0, 0.1) is 0 Å². The van der Waals surface area contributed by atoms with Crippen molar-refractivity contribution >= 4 is 22.6 Å². The molecule has 0 aliphatic heterocycles. The molecule has 0 unspecified atom stereocenters. The standard InChI is InChI=1S/C8H9N5S/c9-7-12-8(14-13-7)11-5-6-2-1-3-10-4-6/h1-4H,5H2,(H3,9,11,12,13). The van der Waals surface area contributed by atoms with Crippen molar-refractivity contribution in [2.24, 2.45) is 0 Å². The summed E-state index contributed by atoms with van der Waals surface area (Å²) >= 11 is 1.25. The number of aromatic nitrogens is 3. The monoisotopic (exact) mass is 207 g/mol. The van der Waals surface area contributed by atoms with Crippen molar-refractivity contribution in [1.29, 1.82) is 0 Å². The highest BCUT2D eigenvalue weighted by atomic mass is 32.1. The number of nitrogens with one attached hydrogen (secondary N) is 1. The first kappa shape index (κ1) is 8.89. The Labute approximate surface area is 85.2 Å². The van der Waals surface area contributed by atoms with Crippen LogP contribution in [0.5, 0.6) is 0 Å². The summed E-state index contributed by atoms with van der Waals surface area (Å²) in [7, 11) is 0. The summed E-state index contributed by atoms with van der Waals surface area (Å²) in [4.78, 5) is 7.98. The van der Waals surface area contributed by atoms with Crippen LogP contribution in [-0.2, 0) is 6.54 Å². The first-order valence-corrected chi connectivity index (χ1v) is 4.84. The van der Waals surface area contributed by atoms with Gasteiger partial charge in [0.25, 0.3) is 0 Å². The number of pyridine rings is 1. The van der Waals surface area contributed by atoms with E-state index in [4.69, 9.17) is 5.73 Å². The minimum absolute atomic E-state index is 0.309. The van der Waals surface area contributed by atoms with E-state index < -0.39 is 0 Å². The average Bonchev–Trinajstić information content (AvgIpc) is 2.63. The van der Waals surface area contributed by atoms with Crippen molar-refractivity contribution in [3.63, 3.8) is 0 Å². The van der Waals surface area contributed by atoms with Gasteiger partial charge in [0.1, 0.15) is 0 Å². The summed E-state index contributed by atoms with van der Waals surface area (Å²) in [6.45, 7) is 0.683. The van der Waals surface area contributed by atoms with E-state index in [2.05, 4.69) is 19.7 Å². The number of hydrogen-bond donors (Lipinski definition) is 2. The number of nitrogens with two attached hydrogens (primary N) is 1. The maximum Gasteiger partial charge on any atom is 0.233 e. The smallest absolute Gasteiger partial charge is 0.233 e. The van der Waals surface area contributed by atoms with Gasteiger partial charge in [-0.15, -0.1) is 0 Å². The second-order valence-corrected chi connectivity index (χ2v) is 3.42. The number of nitrogens with zero attached hydrogens (tertiary/aromatic N) is 3. The van der Waals surface area contributed by atoms with Crippen molar-refractivity contribution in [2.75, 3.05) is 11.1 Å². The van der Waals surface area contributed by atoms with Crippen molar-refractivity contribution < 1.29 is 0 Å². The second-order valence-electron chi connectivity index (χ2n) is 2.67. The molecule has 0 radical (unpaired) electrons. The fraction of sp³-hybridized carbons (Fsp3) is 0.125. The van der Waals surface area contributed by atoms with E-state index in [9.17, 15) is 0 Å². The molecule has 2 rings (SSSR count). The zero-order chi connectivity index (χ0) is 9.80.